The number of phenolic OH excluding ortho intramolecular Hbond substituents is 1. The van der Waals surface area contributed by atoms with Crippen LogP contribution in [0, 0.1) is 11.3 Å². The van der Waals surface area contributed by atoms with Crippen LogP contribution in [-0.4, -0.2) is 25.2 Å². The van der Waals surface area contributed by atoms with E-state index in [9.17, 15) is 13.5 Å². The van der Waals surface area contributed by atoms with Gasteiger partial charge in [-0.1, -0.05) is 12.1 Å². The van der Waals surface area contributed by atoms with E-state index in [0.29, 0.717) is 10.2 Å². The number of aromatic hydroxyl groups is 1. The number of rotatable bonds is 2. The summed E-state index contributed by atoms with van der Waals surface area (Å²) in [6.45, 7) is 0. The number of halogens is 1. The summed E-state index contributed by atoms with van der Waals surface area (Å²) in [6, 6.07) is 13.3. The molecule has 0 saturated carbocycles. The molecule has 23 heavy (non-hydrogen) atoms. The Bertz CT molecular complexity index is 964. The van der Waals surface area contributed by atoms with Crippen LogP contribution in [0.1, 0.15) is 11.1 Å². The van der Waals surface area contributed by atoms with Gasteiger partial charge in [-0.15, -0.1) is 4.40 Å². The largest absolute Gasteiger partial charge is 0.507 e. The monoisotopic (exact) mass is 391 g/mol. The van der Waals surface area contributed by atoms with Crippen molar-refractivity contribution in [1.82, 2.24) is 0 Å². The van der Waals surface area contributed by atoms with E-state index >= 15 is 0 Å². The highest BCUT2D eigenvalue weighted by Crippen LogP contribution is 2.33. The lowest BCUT2D eigenvalue weighted by atomic mass is 10.1. The highest BCUT2D eigenvalue weighted by molar-refractivity contribution is 9.10. The Labute approximate surface area is 141 Å². The Morgan fingerprint density at radius 3 is 2.65 bits per heavy atom. The number of benzene rings is 2. The molecule has 2 aromatic carbocycles. The van der Waals surface area contributed by atoms with Crippen molar-refractivity contribution in [3.05, 3.63) is 58.1 Å². The van der Waals surface area contributed by atoms with E-state index in [-0.39, 0.29) is 28.6 Å². The SMILES string of the molecule is N#Cc1ccc(C2=NS(=O)(=O)CN2c2ccccc2Br)c(O)c1. The first kappa shape index (κ1) is 15.5. The summed E-state index contributed by atoms with van der Waals surface area (Å²) < 4.78 is 28.4. The first-order chi connectivity index (χ1) is 10.9. The molecule has 1 N–H and O–H groups in total. The molecular weight excluding hydrogens is 382 g/mol. The Kier molecular flexibility index (Phi) is 3.83. The fourth-order valence-corrected chi connectivity index (χ4v) is 3.88. The van der Waals surface area contributed by atoms with Gasteiger partial charge >= 0.3 is 0 Å². The molecule has 0 saturated heterocycles. The van der Waals surface area contributed by atoms with Gasteiger partial charge in [-0.05, 0) is 46.3 Å². The highest BCUT2D eigenvalue weighted by atomic mass is 79.9. The standard InChI is InChI=1S/C15H10BrN3O3S/c16-12-3-1-2-4-13(12)19-9-23(21,22)18-15(19)11-6-5-10(8-17)7-14(11)20/h1-7,20H,9H2. The molecular formula is C15H10BrN3O3S. The quantitative estimate of drug-likeness (QED) is 0.848. The minimum atomic E-state index is -3.67. The Morgan fingerprint density at radius 1 is 1.26 bits per heavy atom. The zero-order chi connectivity index (χ0) is 16.6. The second-order valence-electron chi connectivity index (χ2n) is 4.85. The maximum absolute atomic E-state index is 12.0. The molecule has 6 nitrogen and oxygen atoms in total. The lowest BCUT2D eigenvalue weighted by molar-refractivity contribution is 0.474. The van der Waals surface area contributed by atoms with Crippen LogP contribution in [-0.2, 0) is 10.0 Å². The van der Waals surface area contributed by atoms with Gasteiger partial charge in [0.1, 0.15) is 11.6 Å². The van der Waals surface area contributed by atoms with Crippen LogP contribution in [0.2, 0.25) is 0 Å². The third-order valence-corrected chi connectivity index (χ3v) is 4.99. The van der Waals surface area contributed by atoms with Gasteiger partial charge in [0.05, 0.1) is 22.9 Å². The first-order valence-corrected chi connectivity index (χ1v) is 8.90. The number of nitrogens with zero attached hydrogens (tertiary/aromatic N) is 3. The maximum atomic E-state index is 12.0. The topological polar surface area (TPSA) is 93.8 Å². The molecule has 0 unspecified atom stereocenters. The van der Waals surface area contributed by atoms with E-state index < -0.39 is 10.0 Å². The van der Waals surface area contributed by atoms with Gasteiger partial charge in [-0.3, -0.25) is 0 Å². The van der Waals surface area contributed by atoms with Crippen molar-refractivity contribution in [3.63, 3.8) is 0 Å². The molecule has 0 atom stereocenters. The first-order valence-electron chi connectivity index (χ1n) is 6.49. The number of phenols is 1. The lowest BCUT2D eigenvalue weighted by Crippen LogP contribution is -2.29. The molecule has 8 heteroatoms. The minimum Gasteiger partial charge on any atom is -0.507 e. The number of amidine groups is 1. The van der Waals surface area contributed by atoms with E-state index in [1.165, 1.54) is 23.1 Å². The molecule has 0 radical (unpaired) electrons. The molecule has 0 spiro atoms. The maximum Gasteiger partial charge on any atom is 0.273 e. The molecule has 2 aromatic rings. The van der Waals surface area contributed by atoms with Gasteiger partial charge < -0.3 is 10.0 Å². The molecule has 1 aliphatic rings. The van der Waals surface area contributed by atoms with Crippen molar-refractivity contribution in [2.24, 2.45) is 4.40 Å². The van der Waals surface area contributed by atoms with E-state index in [1.807, 2.05) is 12.1 Å². The average molecular weight is 392 g/mol. The van der Waals surface area contributed by atoms with Gasteiger partial charge in [-0.25, -0.2) is 8.42 Å². The molecule has 3 rings (SSSR count). The summed E-state index contributed by atoms with van der Waals surface area (Å²) in [5, 5.41) is 19.0. The summed E-state index contributed by atoms with van der Waals surface area (Å²) in [5.41, 5.74) is 1.15. The van der Waals surface area contributed by atoms with Crippen LogP contribution < -0.4 is 4.90 Å². The highest BCUT2D eigenvalue weighted by Gasteiger charge is 2.32. The Morgan fingerprint density at radius 2 is 2.00 bits per heavy atom. The molecule has 0 bridgehead atoms. The third-order valence-electron chi connectivity index (χ3n) is 3.28. The van der Waals surface area contributed by atoms with Crippen molar-refractivity contribution in [1.29, 1.82) is 5.26 Å². The van der Waals surface area contributed by atoms with E-state index in [0.717, 1.165) is 0 Å². The average Bonchev–Trinajstić information content (AvgIpc) is 2.83. The number of hydrogen-bond donors (Lipinski definition) is 1. The predicted molar refractivity (Wildman–Crippen MR) is 89.8 cm³/mol. The predicted octanol–water partition coefficient (Wildman–Crippen LogP) is 2.58. The van der Waals surface area contributed by atoms with Crippen LogP contribution in [0.25, 0.3) is 0 Å². The molecule has 0 aliphatic carbocycles. The summed E-state index contributed by atoms with van der Waals surface area (Å²) in [5.74, 6) is -0.388. The smallest absolute Gasteiger partial charge is 0.273 e. The van der Waals surface area contributed by atoms with E-state index in [1.54, 1.807) is 18.2 Å². The molecule has 1 heterocycles. The normalized spacial score (nSPS) is 16.0. The summed E-state index contributed by atoms with van der Waals surface area (Å²) in [6.07, 6.45) is 0. The number of nitriles is 1. The van der Waals surface area contributed by atoms with Crippen molar-refractivity contribution >= 4 is 37.5 Å². The molecule has 116 valence electrons. The number of anilines is 1. The zero-order valence-electron chi connectivity index (χ0n) is 11.6. The Balaban J connectivity index is 2.15. The fourth-order valence-electron chi connectivity index (χ4n) is 2.27. The number of para-hydroxylation sites is 1. The zero-order valence-corrected chi connectivity index (χ0v) is 14.0. The number of hydrogen-bond acceptors (Lipinski definition) is 5. The molecule has 0 amide bonds. The third kappa shape index (κ3) is 2.93. The van der Waals surface area contributed by atoms with Crippen LogP contribution in [0.15, 0.2) is 51.3 Å². The molecule has 0 fully saturated rings. The lowest BCUT2D eigenvalue weighted by Gasteiger charge is -2.21. The van der Waals surface area contributed by atoms with Crippen LogP contribution in [0.5, 0.6) is 5.75 Å². The summed E-state index contributed by atoms with van der Waals surface area (Å²) in [4.78, 5) is 1.50. The second-order valence-corrected chi connectivity index (χ2v) is 7.31. The van der Waals surface area contributed by atoms with Gasteiger partial charge in [0.25, 0.3) is 10.0 Å². The van der Waals surface area contributed by atoms with Crippen molar-refractivity contribution in [2.75, 3.05) is 10.8 Å². The van der Waals surface area contributed by atoms with Gasteiger partial charge in [0.15, 0.2) is 5.84 Å². The fraction of sp³-hybridized carbons (Fsp3) is 0.0667. The van der Waals surface area contributed by atoms with Gasteiger partial charge in [-0.2, -0.15) is 5.26 Å². The van der Waals surface area contributed by atoms with Crippen LogP contribution in [0.3, 0.4) is 0 Å². The summed E-state index contributed by atoms with van der Waals surface area (Å²) >= 11 is 3.39. The van der Waals surface area contributed by atoms with Gasteiger partial charge in [0, 0.05) is 4.47 Å². The van der Waals surface area contributed by atoms with Crippen LogP contribution in [0.4, 0.5) is 5.69 Å². The van der Waals surface area contributed by atoms with Crippen molar-refractivity contribution in [2.45, 2.75) is 0 Å². The minimum absolute atomic E-state index is 0.124. The van der Waals surface area contributed by atoms with Crippen molar-refractivity contribution in [3.8, 4) is 11.8 Å². The molecule has 0 aromatic heterocycles. The number of sulfonamides is 1. The summed E-state index contributed by atoms with van der Waals surface area (Å²) in [7, 11) is -3.67. The van der Waals surface area contributed by atoms with Gasteiger partial charge in [0.2, 0.25) is 0 Å². The van der Waals surface area contributed by atoms with Crippen LogP contribution >= 0.6 is 15.9 Å². The van der Waals surface area contributed by atoms with E-state index in [2.05, 4.69) is 20.3 Å². The Hall–Kier alpha value is -2.37. The second kappa shape index (κ2) is 5.68. The van der Waals surface area contributed by atoms with E-state index in [4.69, 9.17) is 5.26 Å². The molecule has 1 aliphatic heterocycles. The van der Waals surface area contributed by atoms with Crippen molar-refractivity contribution < 1.29 is 13.5 Å².